The van der Waals surface area contributed by atoms with Gasteiger partial charge < -0.3 is 10.1 Å². The lowest BCUT2D eigenvalue weighted by Crippen LogP contribution is -2.48. The van der Waals surface area contributed by atoms with Crippen LogP contribution in [0.15, 0.2) is 24.3 Å². The molecule has 0 radical (unpaired) electrons. The molecule has 1 unspecified atom stereocenters. The molecular weight excluding hydrogens is 264 g/mol. The van der Waals surface area contributed by atoms with E-state index in [9.17, 15) is 4.79 Å². The number of hydrogen-bond acceptors (Lipinski definition) is 4. The molecule has 0 amide bonds. The highest BCUT2D eigenvalue weighted by atomic mass is 16.6. The van der Waals surface area contributed by atoms with Crippen LogP contribution >= 0.6 is 0 Å². The number of hydrogen-bond donors (Lipinski definition) is 1. The fourth-order valence-corrected chi connectivity index (χ4v) is 2.63. The van der Waals surface area contributed by atoms with Crippen LogP contribution in [0.25, 0.3) is 0 Å². The number of ether oxygens (including phenoxy) is 1. The number of benzene rings is 1. The highest BCUT2D eigenvalue weighted by Crippen LogP contribution is 2.25. The quantitative estimate of drug-likeness (QED) is 0.867. The zero-order chi connectivity index (χ0) is 15.5. The Bertz CT molecular complexity index is 488. The lowest BCUT2D eigenvalue weighted by molar-refractivity contribution is -0.162. The number of nitrogens with zero attached hydrogens (tertiary/aromatic N) is 1. The summed E-state index contributed by atoms with van der Waals surface area (Å²) in [5, 5.41) is 3.33. The molecule has 0 spiro atoms. The molecule has 1 atom stereocenters. The van der Waals surface area contributed by atoms with Crippen LogP contribution in [0.4, 0.5) is 0 Å². The number of esters is 1. The van der Waals surface area contributed by atoms with Crippen LogP contribution in [0.5, 0.6) is 0 Å². The van der Waals surface area contributed by atoms with Gasteiger partial charge >= 0.3 is 5.97 Å². The first-order valence-corrected chi connectivity index (χ1v) is 7.61. The molecule has 0 bridgehead atoms. The molecule has 0 saturated carbocycles. The van der Waals surface area contributed by atoms with Crippen LogP contribution in [-0.2, 0) is 9.53 Å². The summed E-state index contributed by atoms with van der Waals surface area (Å²) < 4.78 is 5.65. The van der Waals surface area contributed by atoms with Crippen molar-refractivity contribution in [2.45, 2.75) is 39.3 Å². The Morgan fingerprint density at radius 2 is 1.95 bits per heavy atom. The van der Waals surface area contributed by atoms with Gasteiger partial charge in [0.15, 0.2) is 0 Å². The molecule has 4 nitrogen and oxygen atoms in total. The van der Waals surface area contributed by atoms with E-state index in [2.05, 4.69) is 16.3 Å². The molecule has 116 valence electrons. The number of piperazine rings is 1. The van der Waals surface area contributed by atoms with Crippen molar-refractivity contribution in [1.82, 2.24) is 10.2 Å². The number of nitrogens with one attached hydrogen (secondary N) is 1. The Balaban J connectivity index is 2.27. The Labute approximate surface area is 127 Å². The van der Waals surface area contributed by atoms with Crippen LogP contribution in [-0.4, -0.2) is 42.6 Å². The Hall–Kier alpha value is -1.39. The van der Waals surface area contributed by atoms with E-state index in [0.29, 0.717) is 0 Å². The maximum atomic E-state index is 12.7. The maximum absolute atomic E-state index is 12.7. The molecule has 2 rings (SSSR count). The summed E-state index contributed by atoms with van der Waals surface area (Å²) in [6.07, 6.45) is 0. The summed E-state index contributed by atoms with van der Waals surface area (Å²) >= 11 is 0. The van der Waals surface area contributed by atoms with E-state index in [-0.39, 0.29) is 12.0 Å². The second-order valence-electron chi connectivity index (χ2n) is 6.64. The SMILES string of the molecule is Cc1cccc(C(C(=O)OC(C)(C)C)N2CCNCC2)c1. The topological polar surface area (TPSA) is 41.6 Å². The summed E-state index contributed by atoms with van der Waals surface area (Å²) in [7, 11) is 0. The lowest BCUT2D eigenvalue weighted by Gasteiger charge is -2.35. The van der Waals surface area contributed by atoms with E-state index in [0.717, 1.165) is 37.3 Å². The molecule has 1 aliphatic rings. The van der Waals surface area contributed by atoms with Crippen molar-refractivity contribution in [3.05, 3.63) is 35.4 Å². The molecule has 0 aromatic heterocycles. The van der Waals surface area contributed by atoms with Gasteiger partial charge in [-0.25, -0.2) is 4.79 Å². The predicted molar refractivity (Wildman–Crippen MR) is 84.2 cm³/mol. The van der Waals surface area contributed by atoms with Crippen molar-refractivity contribution in [3.8, 4) is 0 Å². The van der Waals surface area contributed by atoms with Crippen molar-refractivity contribution in [1.29, 1.82) is 0 Å². The second-order valence-corrected chi connectivity index (χ2v) is 6.64. The van der Waals surface area contributed by atoms with Gasteiger partial charge in [-0.3, -0.25) is 4.90 Å². The fourth-order valence-electron chi connectivity index (χ4n) is 2.63. The largest absolute Gasteiger partial charge is 0.459 e. The zero-order valence-electron chi connectivity index (χ0n) is 13.5. The number of aryl methyl sites for hydroxylation is 1. The first kappa shape index (κ1) is 16.0. The van der Waals surface area contributed by atoms with Crippen molar-refractivity contribution in [3.63, 3.8) is 0 Å². The van der Waals surface area contributed by atoms with Crippen LogP contribution < -0.4 is 5.32 Å². The van der Waals surface area contributed by atoms with Gasteiger partial charge in [0, 0.05) is 26.2 Å². The van der Waals surface area contributed by atoms with E-state index in [1.165, 1.54) is 0 Å². The van der Waals surface area contributed by atoms with Gasteiger partial charge in [-0.1, -0.05) is 29.8 Å². The van der Waals surface area contributed by atoms with E-state index >= 15 is 0 Å². The molecule has 1 aromatic carbocycles. The van der Waals surface area contributed by atoms with Crippen LogP contribution in [0, 0.1) is 6.92 Å². The first-order valence-electron chi connectivity index (χ1n) is 7.61. The average molecular weight is 290 g/mol. The van der Waals surface area contributed by atoms with Gasteiger partial charge in [-0.2, -0.15) is 0 Å². The Morgan fingerprint density at radius 1 is 1.29 bits per heavy atom. The molecule has 1 N–H and O–H groups in total. The smallest absolute Gasteiger partial charge is 0.328 e. The predicted octanol–water partition coefficient (Wildman–Crippen LogP) is 2.28. The molecule has 4 heteroatoms. The van der Waals surface area contributed by atoms with Crippen molar-refractivity contribution in [2.75, 3.05) is 26.2 Å². The van der Waals surface area contributed by atoms with Gasteiger partial charge in [-0.15, -0.1) is 0 Å². The van der Waals surface area contributed by atoms with Gasteiger partial charge in [0.2, 0.25) is 0 Å². The highest BCUT2D eigenvalue weighted by molar-refractivity contribution is 5.78. The van der Waals surface area contributed by atoms with Crippen LogP contribution in [0.3, 0.4) is 0 Å². The van der Waals surface area contributed by atoms with Gasteiger partial charge in [-0.05, 0) is 33.3 Å². The molecular formula is C17H26N2O2. The first-order chi connectivity index (χ1) is 9.87. The zero-order valence-corrected chi connectivity index (χ0v) is 13.5. The normalized spacial score (nSPS) is 18.3. The molecule has 1 saturated heterocycles. The Kier molecular flexibility index (Phi) is 5.01. The minimum atomic E-state index is -0.465. The summed E-state index contributed by atoms with van der Waals surface area (Å²) in [4.78, 5) is 14.9. The molecule has 1 heterocycles. The van der Waals surface area contributed by atoms with E-state index in [1.807, 2.05) is 45.9 Å². The van der Waals surface area contributed by atoms with Crippen molar-refractivity contribution in [2.24, 2.45) is 0 Å². The highest BCUT2D eigenvalue weighted by Gasteiger charge is 2.32. The van der Waals surface area contributed by atoms with E-state index in [1.54, 1.807) is 0 Å². The molecule has 1 fully saturated rings. The lowest BCUT2D eigenvalue weighted by atomic mass is 10.0. The van der Waals surface area contributed by atoms with Crippen molar-refractivity contribution >= 4 is 5.97 Å². The monoisotopic (exact) mass is 290 g/mol. The third-order valence-corrected chi connectivity index (χ3v) is 3.50. The van der Waals surface area contributed by atoms with Gasteiger partial charge in [0.25, 0.3) is 0 Å². The second kappa shape index (κ2) is 6.58. The van der Waals surface area contributed by atoms with E-state index in [4.69, 9.17) is 4.74 Å². The third-order valence-electron chi connectivity index (χ3n) is 3.50. The Morgan fingerprint density at radius 3 is 2.52 bits per heavy atom. The molecule has 21 heavy (non-hydrogen) atoms. The summed E-state index contributed by atoms with van der Waals surface area (Å²) in [5.41, 5.74) is 1.72. The summed E-state index contributed by atoms with van der Waals surface area (Å²) in [6.45, 7) is 11.3. The maximum Gasteiger partial charge on any atom is 0.328 e. The van der Waals surface area contributed by atoms with Gasteiger partial charge in [0.1, 0.15) is 11.6 Å². The fraction of sp³-hybridized carbons (Fsp3) is 0.588. The molecule has 1 aliphatic heterocycles. The number of carbonyl (C=O) groups is 1. The summed E-state index contributed by atoms with van der Waals surface area (Å²) in [5.74, 6) is -0.157. The molecule has 0 aliphatic carbocycles. The standard InChI is InChI=1S/C17H26N2O2/c1-13-6-5-7-14(12-13)15(16(20)21-17(2,3)4)19-10-8-18-9-11-19/h5-7,12,15,18H,8-11H2,1-4H3. The minimum Gasteiger partial charge on any atom is -0.459 e. The summed E-state index contributed by atoms with van der Waals surface area (Å²) in [6, 6.07) is 7.84. The van der Waals surface area contributed by atoms with E-state index < -0.39 is 5.60 Å². The van der Waals surface area contributed by atoms with Crippen LogP contribution in [0.2, 0.25) is 0 Å². The van der Waals surface area contributed by atoms with Gasteiger partial charge in [0.05, 0.1) is 0 Å². The van der Waals surface area contributed by atoms with Crippen LogP contribution in [0.1, 0.15) is 37.9 Å². The molecule has 1 aromatic rings. The number of carbonyl (C=O) groups excluding carboxylic acids is 1. The number of rotatable bonds is 3. The average Bonchev–Trinajstić information content (AvgIpc) is 2.38. The minimum absolute atomic E-state index is 0.157. The third kappa shape index (κ3) is 4.55. The van der Waals surface area contributed by atoms with Crippen molar-refractivity contribution < 1.29 is 9.53 Å².